The Bertz CT molecular complexity index is 186. The summed E-state index contributed by atoms with van der Waals surface area (Å²) in [6.45, 7) is 11.1. The van der Waals surface area contributed by atoms with E-state index in [9.17, 15) is 0 Å². The van der Waals surface area contributed by atoms with Gasteiger partial charge in [0.2, 0.25) is 0 Å². The quantitative estimate of drug-likeness (QED) is 0.621. The topological polar surface area (TPSA) is 36.5 Å². The van der Waals surface area contributed by atoms with Gasteiger partial charge in [-0.15, -0.1) is 0 Å². The predicted molar refractivity (Wildman–Crippen MR) is 72.9 cm³/mol. The first kappa shape index (κ1) is 15.6. The third kappa shape index (κ3) is 7.84. The lowest BCUT2D eigenvalue weighted by atomic mass is 10.4. The van der Waals surface area contributed by atoms with Crippen LogP contribution in [-0.4, -0.2) is 55.9 Å². The molecule has 0 saturated carbocycles. The van der Waals surface area contributed by atoms with Crippen LogP contribution in [-0.2, 0) is 4.74 Å². The summed E-state index contributed by atoms with van der Waals surface area (Å²) in [5, 5.41) is 7.07. The van der Waals surface area contributed by atoms with Gasteiger partial charge in [-0.25, -0.2) is 0 Å². The third-order valence-electron chi connectivity index (χ3n) is 2.40. The zero-order valence-electron chi connectivity index (χ0n) is 10.9. The van der Waals surface area contributed by atoms with Crippen LogP contribution in [0.3, 0.4) is 0 Å². The standard InChI is InChI=1S/C11H25N3OS/c1-5-14(6-2)8-7-12-11(16)13-10(3)9-15-4/h10H,5-9H2,1-4H3,(H2,12,13,16). The maximum absolute atomic E-state index is 5.17. The number of nitrogens with zero attached hydrogens (tertiary/aromatic N) is 1. The van der Waals surface area contributed by atoms with Crippen LogP contribution >= 0.6 is 12.2 Å². The van der Waals surface area contributed by atoms with Crippen molar-refractivity contribution in [3.8, 4) is 0 Å². The van der Waals surface area contributed by atoms with Crippen molar-refractivity contribution in [2.75, 3.05) is 39.9 Å². The molecule has 16 heavy (non-hydrogen) atoms. The Balaban J connectivity index is 3.57. The van der Waals surface area contributed by atoms with Crippen LogP contribution < -0.4 is 10.6 Å². The lowest BCUT2D eigenvalue weighted by molar-refractivity contribution is 0.179. The first-order valence-corrected chi connectivity index (χ1v) is 6.30. The van der Waals surface area contributed by atoms with Crippen LogP contribution in [0.5, 0.6) is 0 Å². The Hall–Kier alpha value is -0.390. The van der Waals surface area contributed by atoms with E-state index in [1.165, 1.54) is 0 Å². The molecule has 0 aliphatic carbocycles. The van der Waals surface area contributed by atoms with Gasteiger partial charge in [-0.3, -0.25) is 0 Å². The molecule has 0 aromatic carbocycles. The summed E-state index contributed by atoms with van der Waals surface area (Å²) in [7, 11) is 1.69. The van der Waals surface area contributed by atoms with E-state index >= 15 is 0 Å². The van der Waals surface area contributed by atoms with Gasteiger partial charge < -0.3 is 20.3 Å². The minimum atomic E-state index is 0.249. The molecule has 0 fully saturated rings. The molecule has 0 heterocycles. The van der Waals surface area contributed by atoms with Gasteiger partial charge in [0, 0.05) is 26.2 Å². The lowest BCUT2D eigenvalue weighted by Gasteiger charge is -2.20. The maximum Gasteiger partial charge on any atom is 0.166 e. The molecule has 0 spiro atoms. The van der Waals surface area contributed by atoms with Crippen molar-refractivity contribution < 1.29 is 4.74 Å². The lowest BCUT2D eigenvalue weighted by Crippen LogP contribution is -2.44. The fourth-order valence-corrected chi connectivity index (χ4v) is 1.74. The largest absolute Gasteiger partial charge is 0.383 e. The molecule has 1 atom stereocenters. The minimum Gasteiger partial charge on any atom is -0.383 e. The van der Waals surface area contributed by atoms with Crippen LogP contribution in [0.15, 0.2) is 0 Å². The predicted octanol–water partition coefficient (Wildman–Crippen LogP) is 0.827. The fourth-order valence-electron chi connectivity index (χ4n) is 1.43. The molecule has 0 bridgehead atoms. The van der Waals surface area contributed by atoms with Gasteiger partial charge in [-0.1, -0.05) is 13.8 Å². The zero-order chi connectivity index (χ0) is 12.4. The summed E-state index contributed by atoms with van der Waals surface area (Å²) >= 11 is 5.17. The second kappa shape index (κ2) is 9.81. The van der Waals surface area contributed by atoms with E-state index in [0.29, 0.717) is 11.7 Å². The van der Waals surface area contributed by atoms with Crippen molar-refractivity contribution in [2.45, 2.75) is 26.8 Å². The Labute approximate surface area is 105 Å². The molecular formula is C11H25N3OS. The second-order valence-corrected chi connectivity index (χ2v) is 4.19. The molecule has 0 saturated heterocycles. The number of hydrogen-bond acceptors (Lipinski definition) is 3. The normalized spacial score (nSPS) is 12.6. The summed E-state index contributed by atoms with van der Waals surface area (Å²) in [5.74, 6) is 0. The van der Waals surface area contributed by atoms with E-state index in [1.54, 1.807) is 7.11 Å². The number of nitrogens with one attached hydrogen (secondary N) is 2. The highest BCUT2D eigenvalue weighted by atomic mass is 32.1. The molecule has 1 unspecified atom stereocenters. The average Bonchev–Trinajstić information content (AvgIpc) is 2.24. The molecule has 0 aliphatic rings. The van der Waals surface area contributed by atoms with Gasteiger partial charge in [0.15, 0.2) is 5.11 Å². The maximum atomic E-state index is 5.17. The summed E-state index contributed by atoms with van der Waals surface area (Å²) in [6, 6.07) is 0.249. The molecule has 0 radical (unpaired) electrons. The molecule has 2 N–H and O–H groups in total. The highest BCUT2D eigenvalue weighted by molar-refractivity contribution is 7.80. The third-order valence-corrected chi connectivity index (χ3v) is 2.66. The molecule has 96 valence electrons. The van der Waals surface area contributed by atoms with E-state index in [1.807, 2.05) is 6.92 Å². The van der Waals surface area contributed by atoms with Gasteiger partial charge in [0.1, 0.15) is 0 Å². The summed E-state index contributed by atoms with van der Waals surface area (Å²) in [5.41, 5.74) is 0. The smallest absolute Gasteiger partial charge is 0.166 e. The van der Waals surface area contributed by atoms with E-state index in [2.05, 4.69) is 29.4 Å². The van der Waals surface area contributed by atoms with Crippen LogP contribution in [0.4, 0.5) is 0 Å². The monoisotopic (exact) mass is 247 g/mol. The van der Waals surface area contributed by atoms with Crippen LogP contribution in [0, 0.1) is 0 Å². The molecular weight excluding hydrogens is 222 g/mol. The molecule has 0 aromatic rings. The fraction of sp³-hybridized carbons (Fsp3) is 0.909. The zero-order valence-corrected chi connectivity index (χ0v) is 11.7. The second-order valence-electron chi connectivity index (χ2n) is 3.78. The Morgan fingerprint density at radius 1 is 1.38 bits per heavy atom. The van der Waals surface area contributed by atoms with Crippen molar-refractivity contribution in [2.24, 2.45) is 0 Å². The Morgan fingerprint density at radius 3 is 2.50 bits per heavy atom. The highest BCUT2D eigenvalue weighted by Gasteiger charge is 2.03. The molecule has 0 aliphatic heterocycles. The molecule has 5 heteroatoms. The number of rotatable bonds is 8. The van der Waals surface area contributed by atoms with Gasteiger partial charge in [0.25, 0.3) is 0 Å². The SMILES string of the molecule is CCN(CC)CCNC(=S)NC(C)COC. The van der Waals surface area contributed by atoms with Crippen LogP contribution in [0.25, 0.3) is 0 Å². The number of thiocarbonyl (C=S) groups is 1. The number of ether oxygens (including phenoxy) is 1. The van der Waals surface area contributed by atoms with E-state index in [-0.39, 0.29) is 6.04 Å². The Morgan fingerprint density at radius 2 is 2.00 bits per heavy atom. The van der Waals surface area contributed by atoms with Crippen molar-refractivity contribution in [1.82, 2.24) is 15.5 Å². The number of likely N-dealkylation sites (N-methyl/N-ethyl adjacent to an activating group) is 1. The van der Waals surface area contributed by atoms with Crippen molar-refractivity contribution in [3.05, 3.63) is 0 Å². The molecule has 0 rings (SSSR count). The molecule has 0 aromatic heterocycles. The van der Waals surface area contributed by atoms with Crippen LogP contribution in [0.2, 0.25) is 0 Å². The van der Waals surface area contributed by atoms with E-state index < -0.39 is 0 Å². The van der Waals surface area contributed by atoms with Gasteiger partial charge in [-0.05, 0) is 32.2 Å². The van der Waals surface area contributed by atoms with Crippen LogP contribution in [0.1, 0.15) is 20.8 Å². The summed E-state index contributed by atoms with van der Waals surface area (Å²) < 4.78 is 5.02. The first-order chi connectivity index (χ1) is 7.63. The molecule has 4 nitrogen and oxygen atoms in total. The summed E-state index contributed by atoms with van der Waals surface area (Å²) in [4.78, 5) is 2.36. The van der Waals surface area contributed by atoms with E-state index in [0.717, 1.165) is 26.2 Å². The number of hydrogen-bond donors (Lipinski definition) is 2. The summed E-state index contributed by atoms with van der Waals surface area (Å²) in [6.07, 6.45) is 0. The Kier molecular flexibility index (Phi) is 9.57. The molecule has 0 amide bonds. The number of methoxy groups -OCH3 is 1. The highest BCUT2D eigenvalue weighted by Crippen LogP contribution is 1.85. The van der Waals surface area contributed by atoms with Gasteiger partial charge >= 0.3 is 0 Å². The van der Waals surface area contributed by atoms with Crippen molar-refractivity contribution in [3.63, 3.8) is 0 Å². The van der Waals surface area contributed by atoms with Gasteiger partial charge in [0.05, 0.1) is 6.61 Å². The van der Waals surface area contributed by atoms with Crippen molar-refractivity contribution >= 4 is 17.3 Å². The minimum absolute atomic E-state index is 0.249. The first-order valence-electron chi connectivity index (χ1n) is 5.89. The van der Waals surface area contributed by atoms with Crippen molar-refractivity contribution in [1.29, 1.82) is 0 Å². The van der Waals surface area contributed by atoms with E-state index in [4.69, 9.17) is 17.0 Å². The average molecular weight is 247 g/mol. The van der Waals surface area contributed by atoms with Gasteiger partial charge in [-0.2, -0.15) is 0 Å².